The number of aryl methyl sites for hydroxylation is 5. The summed E-state index contributed by atoms with van der Waals surface area (Å²) in [6.07, 6.45) is 1.65. The summed E-state index contributed by atoms with van der Waals surface area (Å²) in [5.74, 6) is 0. The molecule has 1 heterocycles. The molecule has 25 heavy (non-hydrogen) atoms. The predicted octanol–water partition coefficient (Wildman–Crippen LogP) is 4.46. The fourth-order valence-electron chi connectivity index (χ4n) is 2.70. The average Bonchev–Trinajstić information content (AvgIpc) is 2.86. The maximum Gasteiger partial charge on any atom is 0.280 e. The van der Waals surface area contributed by atoms with E-state index in [0.717, 1.165) is 22.6 Å². The minimum Gasteiger partial charge on any atom is -0.295 e. The molecule has 0 aliphatic rings. The summed E-state index contributed by atoms with van der Waals surface area (Å²) >= 11 is 0. The largest absolute Gasteiger partial charge is 0.295 e. The topological polar surface area (TPSA) is 50.1 Å². The fourth-order valence-corrected chi connectivity index (χ4v) is 2.70. The molecule has 0 spiro atoms. The molecule has 0 amide bonds. The Bertz CT molecular complexity index is 1020. The zero-order valence-electron chi connectivity index (χ0n) is 15.3. The molecule has 0 unspecified atom stereocenters. The van der Waals surface area contributed by atoms with Gasteiger partial charge in [-0.05, 0) is 81.1 Å². The van der Waals surface area contributed by atoms with Crippen LogP contribution < -0.4 is 5.56 Å². The molecular weight excluding hydrogens is 310 g/mol. The summed E-state index contributed by atoms with van der Waals surface area (Å²) in [5.41, 5.74) is 7.75. The second-order valence-electron chi connectivity index (χ2n) is 6.59. The Kier molecular flexibility index (Phi) is 4.45. The maximum atomic E-state index is 12.8. The first-order valence-electron chi connectivity index (χ1n) is 8.37. The molecule has 0 aliphatic heterocycles. The van der Waals surface area contributed by atoms with E-state index < -0.39 is 0 Å². The number of aliphatic imine (C=N–C) groups is 1. The molecule has 0 atom stereocenters. The molecular formula is C21H23N3O. The van der Waals surface area contributed by atoms with Gasteiger partial charge in [0.05, 0.1) is 16.9 Å². The van der Waals surface area contributed by atoms with Gasteiger partial charge >= 0.3 is 0 Å². The van der Waals surface area contributed by atoms with Crippen molar-refractivity contribution < 1.29 is 0 Å². The molecule has 4 nitrogen and oxygen atoms in total. The lowest BCUT2D eigenvalue weighted by molar-refractivity contribution is 0.833. The summed E-state index contributed by atoms with van der Waals surface area (Å²) in [5, 5.41) is 3.15. The van der Waals surface area contributed by atoms with Gasteiger partial charge in [-0.2, -0.15) is 0 Å². The van der Waals surface area contributed by atoms with Crippen LogP contribution in [-0.2, 0) is 0 Å². The molecule has 3 rings (SSSR count). The maximum absolute atomic E-state index is 12.8. The lowest BCUT2D eigenvalue weighted by Crippen LogP contribution is -2.17. The van der Waals surface area contributed by atoms with E-state index in [2.05, 4.69) is 30.9 Å². The van der Waals surface area contributed by atoms with E-state index in [9.17, 15) is 4.79 Å². The fraction of sp³-hybridized carbons (Fsp3) is 0.238. The second kappa shape index (κ2) is 6.55. The van der Waals surface area contributed by atoms with E-state index in [4.69, 9.17) is 0 Å². The van der Waals surface area contributed by atoms with Gasteiger partial charge in [-0.15, -0.1) is 0 Å². The van der Waals surface area contributed by atoms with Crippen LogP contribution >= 0.6 is 0 Å². The Morgan fingerprint density at radius 2 is 1.52 bits per heavy atom. The number of H-pyrrole nitrogens is 1. The highest BCUT2D eigenvalue weighted by molar-refractivity contribution is 5.83. The number of nitrogens with one attached hydrogen (secondary N) is 1. The van der Waals surface area contributed by atoms with Gasteiger partial charge in [0.15, 0.2) is 0 Å². The lowest BCUT2D eigenvalue weighted by atomic mass is 10.1. The van der Waals surface area contributed by atoms with Crippen molar-refractivity contribution in [1.82, 2.24) is 9.78 Å². The van der Waals surface area contributed by atoms with Crippen molar-refractivity contribution in [3.05, 3.63) is 80.3 Å². The third kappa shape index (κ3) is 3.33. The number of hydrogen-bond acceptors (Lipinski definition) is 2. The molecule has 3 aromatic rings. The molecule has 1 N–H and O–H groups in total. The molecule has 0 fully saturated rings. The van der Waals surface area contributed by atoms with Gasteiger partial charge in [-0.3, -0.25) is 14.9 Å². The van der Waals surface area contributed by atoms with E-state index in [0.29, 0.717) is 5.56 Å². The molecule has 0 bridgehead atoms. The van der Waals surface area contributed by atoms with Crippen molar-refractivity contribution in [2.45, 2.75) is 34.6 Å². The van der Waals surface area contributed by atoms with Crippen LogP contribution in [0.25, 0.3) is 5.69 Å². The molecule has 128 valence electrons. The van der Waals surface area contributed by atoms with Crippen molar-refractivity contribution >= 4 is 11.9 Å². The zero-order valence-corrected chi connectivity index (χ0v) is 15.3. The van der Waals surface area contributed by atoms with Crippen molar-refractivity contribution in [2.24, 2.45) is 4.99 Å². The average molecular weight is 333 g/mol. The Balaban J connectivity index is 1.99. The van der Waals surface area contributed by atoms with Crippen LogP contribution in [0.2, 0.25) is 0 Å². The molecule has 0 saturated carbocycles. The molecule has 0 aliphatic carbocycles. The van der Waals surface area contributed by atoms with Gasteiger partial charge in [0.2, 0.25) is 0 Å². The highest BCUT2D eigenvalue weighted by Crippen LogP contribution is 2.17. The molecule has 4 heteroatoms. The summed E-state index contributed by atoms with van der Waals surface area (Å²) < 4.78 is 1.57. The van der Waals surface area contributed by atoms with E-state index in [-0.39, 0.29) is 5.56 Å². The minimum atomic E-state index is -0.0895. The van der Waals surface area contributed by atoms with Crippen LogP contribution in [-0.4, -0.2) is 16.0 Å². The zero-order chi connectivity index (χ0) is 18.1. The first-order valence-corrected chi connectivity index (χ1v) is 8.37. The molecule has 2 aromatic carbocycles. The Labute approximate surface area is 147 Å². The minimum absolute atomic E-state index is 0.0895. The quantitative estimate of drug-likeness (QED) is 0.707. The lowest BCUT2D eigenvalue weighted by Gasteiger charge is -2.05. The first kappa shape index (κ1) is 17.0. The van der Waals surface area contributed by atoms with Gasteiger partial charge in [-0.25, -0.2) is 4.68 Å². The van der Waals surface area contributed by atoms with Crippen LogP contribution in [0.1, 0.15) is 33.5 Å². The van der Waals surface area contributed by atoms with Crippen LogP contribution in [0, 0.1) is 34.6 Å². The van der Waals surface area contributed by atoms with E-state index >= 15 is 0 Å². The van der Waals surface area contributed by atoms with Gasteiger partial charge in [0.1, 0.15) is 0 Å². The van der Waals surface area contributed by atoms with Gasteiger partial charge in [0, 0.05) is 11.9 Å². The number of nitrogens with zero attached hydrogens (tertiary/aromatic N) is 2. The van der Waals surface area contributed by atoms with Crippen LogP contribution in [0.4, 0.5) is 5.69 Å². The van der Waals surface area contributed by atoms with Gasteiger partial charge < -0.3 is 0 Å². The van der Waals surface area contributed by atoms with Gasteiger partial charge in [0.25, 0.3) is 5.56 Å². The summed E-state index contributed by atoms with van der Waals surface area (Å²) in [4.78, 5) is 17.2. The van der Waals surface area contributed by atoms with Crippen molar-refractivity contribution in [3.63, 3.8) is 0 Å². The van der Waals surface area contributed by atoms with Crippen molar-refractivity contribution in [3.8, 4) is 5.69 Å². The van der Waals surface area contributed by atoms with Crippen molar-refractivity contribution in [1.29, 1.82) is 0 Å². The number of rotatable bonds is 3. The van der Waals surface area contributed by atoms with E-state index in [1.54, 1.807) is 10.9 Å². The normalized spacial score (nSPS) is 11.4. The smallest absolute Gasteiger partial charge is 0.280 e. The Morgan fingerprint density at radius 1 is 0.880 bits per heavy atom. The van der Waals surface area contributed by atoms with Crippen molar-refractivity contribution in [2.75, 3.05) is 0 Å². The summed E-state index contributed by atoms with van der Waals surface area (Å²) in [6.45, 7) is 10.1. The number of aromatic amines is 1. The van der Waals surface area contributed by atoms with Crippen LogP contribution in [0.3, 0.4) is 0 Å². The van der Waals surface area contributed by atoms with Gasteiger partial charge in [-0.1, -0.05) is 12.1 Å². The highest BCUT2D eigenvalue weighted by Gasteiger charge is 2.11. The van der Waals surface area contributed by atoms with E-state index in [1.165, 1.54) is 16.7 Å². The highest BCUT2D eigenvalue weighted by atomic mass is 16.1. The summed E-state index contributed by atoms with van der Waals surface area (Å²) in [6, 6.07) is 12.0. The van der Waals surface area contributed by atoms with Crippen LogP contribution in [0.5, 0.6) is 0 Å². The first-order chi connectivity index (χ1) is 11.9. The standard InChI is InChI=1S/C21H23N3O/c1-13-6-8-18(10-15(13)3)22-12-20-17(5)23-24(21(20)25)19-9-7-14(2)16(4)11-19/h6-12,23H,1-5H3. The third-order valence-electron chi connectivity index (χ3n) is 4.70. The Hall–Kier alpha value is -2.88. The molecule has 1 aromatic heterocycles. The van der Waals surface area contributed by atoms with E-state index in [1.807, 2.05) is 50.2 Å². The summed E-state index contributed by atoms with van der Waals surface area (Å²) in [7, 11) is 0. The number of hydrogen-bond donors (Lipinski definition) is 1. The monoisotopic (exact) mass is 333 g/mol. The third-order valence-corrected chi connectivity index (χ3v) is 4.70. The van der Waals surface area contributed by atoms with Crippen LogP contribution in [0.15, 0.2) is 46.2 Å². The number of benzene rings is 2. The molecule has 0 radical (unpaired) electrons. The number of aromatic nitrogens is 2. The predicted molar refractivity (Wildman–Crippen MR) is 104 cm³/mol. The SMILES string of the molecule is Cc1ccc(N=Cc2c(C)[nH]n(-c3ccc(C)c(C)c3)c2=O)cc1C. The second-order valence-corrected chi connectivity index (χ2v) is 6.59. The Morgan fingerprint density at radius 3 is 2.16 bits per heavy atom. The molecule has 0 saturated heterocycles.